The average Bonchev–Trinajstić information content (AvgIpc) is 3.16. The van der Waals surface area contributed by atoms with Gasteiger partial charge in [0.25, 0.3) is 0 Å². The maximum atomic E-state index is 14.6. The van der Waals surface area contributed by atoms with E-state index in [2.05, 4.69) is 32.6 Å². The number of hydrogen-bond acceptors (Lipinski definition) is 4. The summed E-state index contributed by atoms with van der Waals surface area (Å²) in [5.74, 6) is -1.51. The van der Waals surface area contributed by atoms with Crippen LogP contribution in [0.4, 0.5) is 8.78 Å². The molecule has 0 aliphatic carbocycles. The van der Waals surface area contributed by atoms with E-state index in [0.29, 0.717) is 13.1 Å². The molecule has 0 radical (unpaired) electrons. The van der Waals surface area contributed by atoms with Gasteiger partial charge in [0, 0.05) is 35.7 Å². The van der Waals surface area contributed by atoms with Crippen molar-refractivity contribution in [3.05, 3.63) is 95.0 Å². The van der Waals surface area contributed by atoms with E-state index in [0.717, 1.165) is 22.2 Å². The molecule has 0 bridgehead atoms. The largest absolute Gasteiger partial charge is 0.382 e. The van der Waals surface area contributed by atoms with Gasteiger partial charge >= 0.3 is 0 Å². The van der Waals surface area contributed by atoms with Crippen LogP contribution in [0.3, 0.4) is 0 Å². The Balaban J connectivity index is 1.92. The first-order valence-electron chi connectivity index (χ1n) is 8.97. The molecule has 3 aromatic rings. The second-order valence-corrected chi connectivity index (χ2v) is 7.75. The first-order valence-corrected chi connectivity index (χ1v) is 9.77. The van der Waals surface area contributed by atoms with Crippen LogP contribution in [0.15, 0.2) is 72.2 Å². The first kappa shape index (κ1) is 21.3. The molecule has 1 aromatic heterocycles. The Morgan fingerprint density at radius 1 is 1.21 bits per heavy atom. The highest BCUT2D eigenvalue weighted by Gasteiger charge is 2.35. The van der Waals surface area contributed by atoms with Gasteiger partial charge in [0.2, 0.25) is 0 Å². The zero-order valence-corrected chi connectivity index (χ0v) is 17.3. The topological polar surface area (TPSA) is 54.2 Å². The summed E-state index contributed by atoms with van der Waals surface area (Å²) in [6.45, 7) is 4.81. The van der Waals surface area contributed by atoms with Crippen LogP contribution in [0.5, 0.6) is 0 Å². The minimum Gasteiger partial charge on any atom is -0.382 e. The molecule has 0 saturated carbocycles. The molecular weight excluding hydrogens is 442 g/mol. The number of halogens is 3. The first-order chi connectivity index (χ1) is 13.9. The summed E-state index contributed by atoms with van der Waals surface area (Å²) < 4.78 is 30.4. The van der Waals surface area contributed by atoms with Crippen molar-refractivity contribution in [3.8, 4) is 0 Å². The Morgan fingerprint density at radius 3 is 2.59 bits per heavy atom. The third-order valence-corrected chi connectivity index (χ3v) is 5.04. The summed E-state index contributed by atoms with van der Waals surface area (Å²) >= 11 is 3.41. The van der Waals surface area contributed by atoms with Gasteiger partial charge in [-0.05, 0) is 23.8 Å². The summed E-state index contributed by atoms with van der Waals surface area (Å²) in [4.78, 5) is 5.82. The van der Waals surface area contributed by atoms with E-state index < -0.39 is 17.2 Å². The molecule has 0 amide bonds. The van der Waals surface area contributed by atoms with Crippen LogP contribution in [0, 0.1) is 11.6 Å². The minimum absolute atomic E-state index is 0.000677. The Kier molecular flexibility index (Phi) is 6.89. The summed E-state index contributed by atoms with van der Waals surface area (Å²) in [6.07, 6.45) is 4.50. The van der Waals surface area contributed by atoms with E-state index in [-0.39, 0.29) is 18.7 Å². The fraction of sp³-hybridized carbons (Fsp3) is 0.238. The summed E-state index contributed by atoms with van der Waals surface area (Å²) in [5, 5.41) is 15.5. The molecule has 29 heavy (non-hydrogen) atoms. The van der Waals surface area contributed by atoms with E-state index in [1.165, 1.54) is 23.4 Å². The minimum atomic E-state index is -1.66. The third-order valence-electron chi connectivity index (χ3n) is 4.51. The number of nitrogens with zero attached hydrogens (tertiary/aromatic N) is 4. The van der Waals surface area contributed by atoms with Gasteiger partial charge in [0.15, 0.2) is 0 Å². The average molecular weight is 463 g/mol. The summed E-state index contributed by atoms with van der Waals surface area (Å²) in [6, 6.07) is 11.0. The number of hydrogen-bond donors (Lipinski definition) is 1. The smallest absolute Gasteiger partial charge is 0.137 e. The molecule has 0 fully saturated rings. The normalized spacial score (nSPS) is 13.4. The van der Waals surface area contributed by atoms with E-state index in [1.807, 2.05) is 29.2 Å². The monoisotopic (exact) mass is 462 g/mol. The standard InChI is InChI=1S/C21H21BrF2N4O/c1-2-9-27(11-16-3-5-17(22)6-4-16)12-21(29,13-28-15-25-14-26-28)19-8-7-18(23)10-20(19)24/h2-8,10,14-15,29H,1,9,11-13H2/t21-/m1/s1. The quantitative estimate of drug-likeness (QED) is 0.490. The Hall–Kier alpha value is -2.42. The number of benzene rings is 2. The Bertz CT molecular complexity index is 950. The zero-order valence-electron chi connectivity index (χ0n) is 15.7. The lowest BCUT2D eigenvalue weighted by Gasteiger charge is -2.34. The molecule has 0 saturated heterocycles. The van der Waals surface area contributed by atoms with E-state index in [9.17, 15) is 13.9 Å². The van der Waals surface area contributed by atoms with Crippen LogP contribution in [0.1, 0.15) is 11.1 Å². The summed E-state index contributed by atoms with van der Waals surface area (Å²) in [5.41, 5.74) is -0.638. The van der Waals surface area contributed by atoms with Gasteiger partial charge in [-0.2, -0.15) is 5.10 Å². The van der Waals surface area contributed by atoms with Crippen LogP contribution >= 0.6 is 15.9 Å². The van der Waals surface area contributed by atoms with Crippen LogP contribution in [0.25, 0.3) is 0 Å². The lowest BCUT2D eigenvalue weighted by molar-refractivity contribution is -0.0210. The van der Waals surface area contributed by atoms with Crippen LogP contribution < -0.4 is 0 Å². The van der Waals surface area contributed by atoms with Crippen molar-refractivity contribution in [1.82, 2.24) is 19.7 Å². The maximum Gasteiger partial charge on any atom is 0.137 e. The van der Waals surface area contributed by atoms with E-state index in [1.54, 1.807) is 6.08 Å². The van der Waals surface area contributed by atoms with Crippen molar-refractivity contribution >= 4 is 15.9 Å². The van der Waals surface area contributed by atoms with Gasteiger partial charge in [-0.25, -0.2) is 18.4 Å². The van der Waals surface area contributed by atoms with Crippen molar-refractivity contribution in [3.63, 3.8) is 0 Å². The molecular formula is C21H21BrF2N4O. The molecule has 0 aliphatic heterocycles. The second kappa shape index (κ2) is 9.39. The molecule has 2 aromatic carbocycles. The lowest BCUT2D eigenvalue weighted by Crippen LogP contribution is -2.44. The van der Waals surface area contributed by atoms with Crippen molar-refractivity contribution in [2.24, 2.45) is 0 Å². The predicted molar refractivity (Wildman–Crippen MR) is 110 cm³/mol. The number of aliphatic hydroxyl groups is 1. The predicted octanol–water partition coefficient (Wildman–Crippen LogP) is 3.89. The molecule has 3 rings (SSSR count). The van der Waals surface area contributed by atoms with E-state index in [4.69, 9.17) is 0 Å². The van der Waals surface area contributed by atoms with Gasteiger partial charge in [0.05, 0.1) is 6.54 Å². The van der Waals surface area contributed by atoms with Gasteiger partial charge in [-0.15, -0.1) is 6.58 Å². The Morgan fingerprint density at radius 2 is 1.97 bits per heavy atom. The van der Waals surface area contributed by atoms with Crippen molar-refractivity contribution in [2.75, 3.05) is 13.1 Å². The van der Waals surface area contributed by atoms with Crippen molar-refractivity contribution < 1.29 is 13.9 Å². The van der Waals surface area contributed by atoms with Gasteiger partial charge in [0.1, 0.15) is 29.9 Å². The second-order valence-electron chi connectivity index (χ2n) is 6.83. The molecule has 0 unspecified atom stereocenters. The molecule has 1 atom stereocenters. The molecule has 5 nitrogen and oxygen atoms in total. The molecule has 0 aliphatic rings. The van der Waals surface area contributed by atoms with E-state index >= 15 is 0 Å². The van der Waals surface area contributed by atoms with Gasteiger partial charge in [-0.3, -0.25) is 4.90 Å². The summed E-state index contributed by atoms with van der Waals surface area (Å²) in [7, 11) is 0. The van der Waals surface area contributed by atoms with Gasteiger partial charge < -0.3 is 5.11 Å². The van der Waals surface area contributed by atoms with Crippen molar-refractivity contribution in [1.29, 1.82) is 0 Å². The maximum absolute atomic E-state index is 14.6. The molecule has 152 valence electrons. The highest BCUT2D eigenvalue weighted by Crippen LogP contribution is 2.28. The third kappa shape index (κ3) is 5.56. The highest BCUT2D eigenvalue weighted by molar-refractivity contribution is 9.10. The molecule has 0 spiro atoms. The molecule has 8 heteroatoms. The zero-order chi connectivity index (χ0) is 20.9. The highest BCUT2D eigenvalue weighted by atomic mass is 79.9. The van der Waals surface area contributed by atoms with Gasteiger partial charge in [-0.1, -0.05) is 40.2 Å². The van der Waals surface area contributed by atoms with Crippen LogP contribution in [-0.2, 0) is 18.7 Å². The fourth-order valence-corrected chi connectivity index (χ4v) is 3.52. The lowest BCUT2D eigenvalue weighted by atomic mass is 9.92. The van der Waals surface area contributed by atoms with Crippen molar-refractivity contribution in [2.45, 2.75) is 18.7 Å². The molecule has 1 heterocycles. The number of aromatic nitrogens is 3. The fourth-order valence-electron chi connectivity index (χ4n) is 3.26. The van der Waals surface area contributed by atoms with Crippen LogP contribution in [0.2, 0.25) is 0 Å². The SMILES string of the molecule is C=CCN(Cc1ccc(Br)cc1)C[C@@](O)(Cn1cncn1)c1ccc(F)cc1F. The van der Waals surface area contributed by atoms with Crippen LogP contribution in [-0.4, -0.2) is 37.9 Å². The molecule has 1 N–H and O–H groups in total. The Labute approximate surface area is 176 Å². The number of rotatable bonds is 9.